The minimum absolute atomic E-state index is 0.335. The van der Waals surface area contributed by atoms with Crippen LogP contribution in [0.5, 0.6) is 0 Å². The van der Waals surface area contributed by atoms with E-state index in [2.05, 4.69) is 34.1 Å². The molecule has 0 bridgehead atoms. The second-order valence-corrected chi connectivity index (χ2v) is 7.23. The molecular formula is C18H22N2O2S. The number of rotatable bonds is 6. The highest BCUT2D eigenvalue weighted by molar-refractivity contribution is 7.11. The Hall–Kier alpha value is -1.72. The first-order valence-corrected chi connectivity index (χ1v) is 8.98. The van der Waals surface area contributed by atoms with Crippen LogP contribution in [0.1, 0.15) is 34.7 Å². The summed E-state index contributed by atoms with van der Waals surface area (Å²) in [6, 6.07) is 10.1. The van der Waals surface area contributed by atoms with Gasteiger partial charge in [-0.15, -0.1) is 11.3 Å². The van der Waals surface area contributed by atoms with Crippen molar-refractivity contribution in [2.45, 2.75) is 44.7 Å². The van der Waals surface area contributed by atoms with Gasteiger partial charge in [0, 0.05) is 24.0 Å². The van der Waals surface area contributed by atoms with Crippen LogP contribution in [0.25, 0.3) is 0 Å². The fraction of sp³-hybridized carbons (Fsp3) is 0.444. The van der Waals surface area contributed by atoms with Crippen molar-refractivity contribution in [3.05, 3.63) is 52.0 Å². The lowest BCUT2D eigenvalue weighted by molar-refractivity contribution is -0.144. The molecule has 0 amide bonds. The minimum atomic E-state index is -0.696. The Morgan fingerprint density at radius 1 is 1.26 bits per heavy atom. The van der Waals surface area contributed by atoms with Crippen molar-refractivity contribution in [2.75, 3.05) is 6.54 Å². The fourth-order valence-corrected chi connectivity index (χ4v) is 4.04. The summed E-state index contributed by atoms with van der Waals surface area (Å²) in [7, 11) is 0. The molecule has 2 heterocycles. The van der Waals surface area contributed by atoms with E-state index >= 15 is 0 Å². The van der Waals surface area contributed by atoms with Crippen molar-refractivity contribution in [2.24, 2.45) is 0 Å². The summed E-state index contributed by atoms with van der Waals surface area (Å²) in [6.45, 7) is 1.58. The molecule has 1 aliphatic heterocycles. The van der Waals surface area contributed by atoms with Crippen molar-refractivity contribution < 1.29 is 9.90 Å². The van der Waals surface area contributed by atoms with E-state index in [-0.39, 0.29) is 6.04 Å². The average molecular weight is 330 g/mol. The first-order valence-electron chi connectivity index (χ1n) is 8.17. The zero-order chi connectivity index (χ0) is 16.1. The number of thiazole rings is 1. The normalized spacial score (nSPS) is 18.9. The number of hydrogen-bond donors (Lipinski definition) is 1. The van der Waals surface area contributed by atoms with Gasteiger partial charge in [0.1, 0.15) is 6.04 Å². The molecule has 5 heteroatoms. The molecule has 1 N–H and O–H groups in total. The van der Waals surface area contributed by atoms with Crippen LogP contribution in [0, 0.1) is 0 Å². The SMILES string of the molecule is O=C(O)C1CCCCN1Cc1cnc(CCc2ccccc2)s1. The van der Waals surface area contributed by atoms with E-state index in [0.29, 0.717) is 6.54 Å². The average Bonchev–Trinajstić information content (AvgIpc) is 3.02. The van der Waals surface area contributed by atoms with Crippen molar-refractivity contribution in [3.63, 3.8) is 0 Å². The van der Waals surface area contributed by atoms with E-state index < -0.39 is 5.97 Å². The molecule has 23 heavy (non-hydrogen) atoms. The van der Waals surface area contributed by atoms with E-state index in [1.807, 2.05) is 12.3 Å². The molecule has 0 spiro atoms. The number of likely N-dealkylation sites (tertiary alicyclic amines) is 1. The number of carboxylic acids is 1. The van der Waals surface area contributed by atoms with Crippen LogP contribution in [-0.4, -0.2) is 33.5 Å². The number of aryl methyl sites for hydroxylation is 2. The highest BCUT2D eigenvalue weighted by Gasteiger charge is 2.28. The molecule has 1 aliphatic rings. The van der Waals surface area contributed by atoms with Gasteiger partial charge in [-0.25, -0.2) is 4.98 Å². The maximum atomic E-state index is 11.4. The first kappa shape index (κ1) is 16.1. The third-order valence-corrected chi connectivity index (χ3v) is 5.37. The quantitative estimate of drug-likeness (QED) is 0.882. The molecule has 4 nitrogen and oxygen atoms in total. The molecule has 2 aromatic rings. The molecule has 1 saturated heterocycles. The molecular weight excluding hydrogens is 308 g/mol. The molecule has 122 valence electrons. The fourth-order valence-electron chi connectivity index (χ4n) is 3.09. The monoisotopic (exact) mass is 330 g/mol. The number of carbonyl (C=O) groups is 1. The summed E-state index contributed by atoms with van der Waals surface area (Å²) in [6.07, 6.45) is 6.71. The molecule has 3 rings (SSSR count). The summed E-state index contributed by atoms with van der Waals surface area (Å²) in [5, 5.41) is 10.5. The number of benzene rings is 1. The van der Waals surface area contributed by atoms with Gasteiger partial charge in [0.15, 0.2) is 0 Å². The van der Waals surface area contributed by atoms with E-state index in [9.17, 15) is 9.90 Å². The Morgan fingerprint density at radius 3 is 2.87 bits per heavy atom. The van der Waals surface area contributed by atoms with Gasteiger partial charge in [0.2, 0.25) is 0 Å². The number of aromatic nitrogens is 1. The third-order valence-electron chi connectivity index (χ3n) is 4.33. The lowest BCUT2D eigenvalue weighted by atomic mass is 10.0. The molecule has 0 radical (unpaired) electrons. The lowest BCUT2D eigenvalue weighted by Crippen LogP contribution is -2.43. The zero-order valence-electron chi connectivity index (χ0n) is 13.1. The Balaban J connectivity index is 1.57. The highest BCUT2D eigenvalue weighted by atomic mass is 32.1. The van der Waals surface area contributed by atoms with E-state index in [4.69, 9.17) is 0 Å². The summed E-state index contributed by atoms with van der Waals surface area (Å²) >= 11 is 1.71. The highest BCUT2D eigenvalue weighted by Crippen LogP contribution is 2.23. The molecule has 1 fully saturated rings. The Kier molecular flexibility index (Phi) is 5.41. The number of nitrogens with zero attached hydrogens (tertiary/aromatic N) is 2. The Morgan fingerprint density at radius 2 is 2.09 bits per heavy atom. The van der Waals surface area contributed by atoms with Gasteiger partial charge in [0.25, 0.3) is 0 Å². The summed E-state index contributed by atoms with van der Waals surface area (Å²) in [5.74, 6) is -0.696. The number of hydrogen-bond acceptors (Lipinski definition) is 4. The predicted molar refractivity (Wildman–Crippen MR) is 91.6 cm³/mol. The van der Waals surface area contributed by atoms with Crippen molar-refractivity contribution >= 4 is 17.3 Å². The van der Waals surface area contributed by atoms with Gasteiger partial charge in [-0.3, -0.25) is 9.69 Å². The largest absolute Gasteiger partial charge is 0.480 e. The van der Waals surface area contributed by atoms with Crippen LogP contribution < -0.4 is 0 Å². The van der Waals surface area contributed by atoms with Gasteiger partial charge in [-0.2, -0.15) is 0 Å². The molecule has 1 aromatic carbocycles. The first-order chi connectivity index (χ1) is 11.2. The Bertz CT molecular complexity index is 641. The zero-order valence-corrected chi connectivity index (χ0v) is 14.0. The maximum Gasteiger partial charge on any atom is 0.320 e. The Labute approximate surface area is 140 Å². The number of piperidine rings is 1. The van der Waals surface area contributed by atoms with Gasteiger partial charge in [-0.05, 0) is 31.4 Å². The second kappa shape index (κ2) is 7.70. The summed E-state index contributed by atoms with van der Waals surface area (Å²) in [4.78, 5) is 19.1. The molecule has 1 atom stereocenters. The predicted octanol–water partition coefficient (Wildman–Crippen LogP) is 3.37. The summed E-state index contributed by atoms with van der Waals surface area (Å²) in [5.41, 5.74) is 1.33. The lowest BCUT2D eigenvalue weighted by Gasteiger charge is -2.32. The third kappa shape index (κ3) is 4.39. The van der Waals surface area contributed by atoms with Gasteiger partial charge < -0.3 is 5.11 Å². The number of aliphatic carboxylic acids is 1. The topological polar surface area (TPSA) is 53.4 Å². The van der Waals surface area contributed by atoms with Crippen LogP contribution in [0.15, 0.2) is 36.5 Å². The number of carboxylic acid groups (broad SMARTS) is 1. The van der Waals surface area contributed by atoms with Crippen molar-refractivity contribution in [3.8, 4) is 0 Å². The van der Waals surface area contributed by atoms with Gasteiger partial charge in [0.05, 0.1) is 5.01 Å². The summed E-state index contributed by atoms with van der Waals surface area (Å²) < 4.78 is 0. The van der Waals surface area contributed by atoms with E-state index in [1.165, 1.54) is 10.4 Å². The maximum absolute atomic E-state index is 11.4. The van der Waals surface area contributed by atoms with Gasteiger partial charge >= 0.3 is 5.97 Å². The van der Waals surface area contributed by atoms with Gasteiger partial charge in [-0.1, -0.05) is 36.8 Å². The standard InChI is InChI=1S/C18H22N2O2S/c21-18(22)16-8-4-5-11-20(16)13-15-12-19-17(23-15)10-9-14-6-2-1-3-7-14/h1-3,6-7,12,16H,4-5,8-11,13H2,(H,21,22). The molecule has 0 aliphatic carbocycles. The van der Waals surface area contributed by atoms with Crippen molar-refractivity contribution in [1.29, 1.82) is 0 Å². The van der Waals surface area contributed by atoms with E-state index in [0.717, 1.165) is 43.7 Å². The minimum Gasteiger partial charge on any atom is -0.480 e. The van der Waals surface area contributed by atoms with Crippen molar-refractivity contribution in [1.82, 2.24) is 9.88 Å². The van der Waals surface area contributed by atoms with Crippen LogP contribution in [0.3, 0.4) is 0 Å². The molecule has 1 unspecified atom stereocenters. The van der Waals surface area contributed by atoms with Crippen LogP contribution in [0.2, 0.25) is 0 Å². The van der Waals surface area contributed by atoms with E-state index in [1.54, 1.807) is 11.3 Å². The molecule has 1 aromatic heterocycles. The van der Waals surface area contributed by atoms with Crippen LogP contribution in [0.4, 0.5) is 0 Å². The van der Waals surface area contributed by atoms with Crippen LogP contribution >= 0.6 is 11.3 Å². The molecule has 0 saturated carbocycles. The smallest absolute Gasteiger partial charge is 0.320 e. The second-order valence-electron chi connectivity index (χ2n) is 6.03. The van der Waals surface area contributed by atoms with Crippen LogP contribution in [-0.2, 0) is 24.2 Å².